The van der Waals surface area contributed by atoms with Crippen molar-refractivity contribution >= 4 is 46.2 Å². The molecule has 7 heterocycles. The Labute approximate surface area is 396 Å². The highest BCUT2D eigenvalue weighted by Gasteiger charge is 2.40. The summed E-state index contributed by atoms with van der Waals surface area (Å²) in [6, 6.07) is 9.21. The quantitative estimate of drug-likeness (QED) is 0.0921. The normalized spacial score (nSPS) is 19.8. The molecule has 68 heavy (non-hydrogen) atoms. The number of carbonyl (C=O) groups is 4. The van der Waals surface area contributed by atoms with E-state index in [1.807, 2.05) is 68.8 Å². The Morgan fingerprint density at radius 2 is 1.35 bits per heavy atom. The fourth-order valence-corrected chi connectivity index (χ4v) is 11.0. The van der Waals surface area contributed by atoms with Gasteiger partial charge in [-0.3, -0.25) is 14.2 Å². The summed E-state index contributed by atoms with van der Waals surface area (Å²) in [5.74, 6) is 0.851. The molecule has 3 aliphatic heterocycles. The molecule has 0 spiro atoms. The number of H-pyrrole nitrogens is 2. The van der Waals surface area contributed by atoms with Crippen LogP contribution in [0.4, 0.5) is 14.0 Å². The maximum absolute atomic E-state index is 16.9. The predicted octanol–water partition coefficient (Wildman–Crippen LogP) is 8.59. The number of hydrogen-bond acceptors (Lipinski definition) is 11. The molecular weight excluding hydrogens is 892 g/mol. The Morgan fingerprint density at radius 3 is 1.91 bits per heavy atom. The number of imidazole rings is 2. The minimum Gasteiger partial charge on any atom is -0.464 e. The average Bonchev–Trinajstić information content (AvgIpc) is 4.05. The zero-order valence-corrected chi connectivity index (χ0v) is 39.6. The first kappa shape index (κ1) is 45.0. The van der Waals surface area contributed by atoms with Crippen molar-refractivity contribution in [1.82, 2.24) is 49.9 Å². The summed E-state index contributed by atoms with van der Waals surface area (Å²) in [7, 11) is 2.55. The number of methoxy groups -OCH3 is 2. The maximum atomic E-state index is 16.9. The first-order valence-electron chi connectivity index (χ1n) is 23.3. The lowest BCUT2D eigenvalue weighted by Crippen LogP contribution is -2.51. The number of alkyl carbamates (subject to hydrolysis) is 2. The van der Waals surface area contributed by atoms with Gasteiger partial charge >= 0.3 is 12.2 Å². The van der Waals surface area contributed by atoms with Crippen LogP contribution in [-0.2, 0) is 19.1 Å². The Morgan fingerprint density at radius 1 is 0.765 bits per heavy atom. The first-order valence-corrected chi connectivity index (χ1v) is 24.1. The second kappa shape index (κ2) is 18.0. The molecule has 10 rings (SSSR count). The molecule has 4 amide bonds. The van der Waals surface area contributed by atoms with Gasteiger partial charge in [-0.1, -0.05) is 33.8 Å². The highest BCUT2D eigenvalue weighted by molar-refractivity contribution is 7.11. The monoisotopic (exact) mass is 946 g/mol. The number of halogens is 1. The topological polar surface area (TPSA) is 202 Å². The van der Waals surface area contributed by atoms with Gasteiger partial charge < -0.3 is 44.6 Å². The minimum atomic E-state index is -0.772. The van der Waals surface area contributed by atoms with Crippen LogP contribution in [0.1, 0.15) is 112 Å². The van der Waals surface area contributed by atoms with Crippen molar-refractivity contribution in [2.24, 2.45) is 11.8 Å². The van der Waals surface area contributed by atoms with Gasteiger partial charge in [-0.05, 0) is 80.7 Å². The second-order valence-corrected chi connectivity index (χ2v) is 19.9. The zero-order chi connectivity index (χ0) is 47.5. The van der Waals surface area contributed by atoms with E-state index in [9.17, 15) is 19.2 Å². The fourth-order valence-electron chi connectivity index (χ4n) is 9.91. The molecule has 5 atom stereocenters. The first-order chi connectivity index (χ1) is 32.8. The molecule has 17 nitrogen and oxygen atoms in total. The van der Waals surface area contributed by atoms with E-state index in [2.05, 4.69) is 20.6 Å². The van der Waals surface area contributed by atoms with E-state index in [-0.39, 0.29) is 35.7 Å². The van der Waals surface area contributed by atoms with E-state index >= 15 is 4.39 Å². The Hall–Kier alpha value is -6.76. The number of ether oxygens (including phenoxy) is 3. The molecular formula is C49H55FN10O7S. The minimum absolute atomic E-state index is 0.153. The molecule has 6 aromatic rings. The third-order valence-corrected chi connectivity index (χ3v) is 14.8. The van der Waals surface area contributed by atoms with Gasteiger partial charge in [-0.25, -0.2) is 28.9 Å². The third-order valence-electron chi connectivity index (χ3n) is 13.6. The summed E-state index contributed by atoms with van der Waals surface area (Å²) in [6.45, 7) is 8.56. The van der Waals surface area contributed by atoms with Gasteiger partial charge in [0.15, 0.2) is 0 Å². The zero-order valence-electron chi connectivity index (χ0n) is 38.8. The van der Waals surface area contributed by atoms with E-state index in [1.54, 1.807) is 33.5 Å². The number of thiazole rings is 1. The standard InChI is InChI=1S/C49H55FN10O7S/c1-24(2)40(56-48(63)65-5)45(61)58-15-7-9-34(58)42-51-21-31(54-42)27-13-14-33-29(17-27)19-36-39-30(50)18-28(20-37(39)67-47(60(33)36)38-23-53-44(68-38)26-11-12-26)32-22-52-43(55-32)35-10-8-16-59(35)46(62)41(25(3)4)57-49(64)66-6/h13-14,17-26,34-35,40-41,47H,7-12,15-16H2,1-6H3,(H,51,54)(H,52,55)(H,56,63)(H,57,64). The van der Waals surface area contributed by atoms with E-state index < -0.39 is 36.3 Å². The van der Waals surface area contributed by atoms with Gasteiger partial charge in [0.05, 0.1) is 76.7 Å². The maximum Gasteiger partial charge on any atom is 0.407 e. The fraction of sp³-hybridized carbons (Fsp3) is 0.449. The number of amides is 4. The van der Waals surface area contributed by atoms with E-state index in [0.717, 1.165) is 64.1 Å². The Kier molecular flexibility index (Phi) is 12.0. The number of aromatic nitrogens is 6. The van der Waals surface area contributed by atoms with Gasteiger partial charge in [0, 0.05) is 41.7 Å². The molecule has 2 aromatic carbocycles. The van der Waals surface area contributed by atoms with Crippen LogP contribution in [0.3, 0.4) is 0 Å². The molecule has 4 N–H and O–H groups in total. The van der Waals surface area contributed by atoms with E-state index in [0.29, 0.717) is 65.3 Å². The van der Waals surface area contributed by atoms with Crippen molar-refractivity contribution in [2.75, 3.05) is 27.3 Å². The van der Waals surface area contributed by atoms with Crippen LogP contribution in [0.25, 0.3) is 44.7 Å². The van der Waals surface area contributed by atoms with Crippen molar-refractivity contribution in [3.63, 3.8) is 0 Å². The highest BCUT2D eigenvalue weighted by Crippen LogP contribution is 2.50. The van der Waals surface area contributed by atoms with Crippen LogP contribution >= 0.6 is 11.3 Å². The van der Waals surface area contributed by atoms with Crippen LogP contribution in [-0.4, -0.2) is 103 Å². The summed E-state index contributed by atoms with van der Waals surface area (Å²) in [5.41, 5.74) is 4.57. The summed E-state index contributed by atoms with van der Waals surface area (Å²) in [6.07, 6.45) is 8.51. The molecule has 2 saturated heterocycles. The molecule has 1 saturated carbocycles. The lowest BCUT2D eigenvalue weighted by atomic mass is 10.0. The SMILES string of the molecule is COC(=O)NC(C(=O)N1CCCC1c1ncc(-c2cc(F)c3c(c2)OC(c2cnc(C4CC4)s2)n2c-3cc3cc(-c4cnc(C5CCCN5C(=O)C(NC(=O)OC)C(C)C)[nH]4)ccc32)[nH]1)C(C)C. The lowest BCUT2D eigenvalue weighted by Gasteiger charge is -2.30. The van der Waals surface area contributed by atoms with Gasteiger partial charge in [0.25, 0.3) is 0 Å². The Bertz CT molecular complexity index is 2920. The molecule has 4 aliphatic rings. The van der Waals surface area contributed by atoms with Crippen molar-refractivity contribution in [3.05, 3.63) is 82.3 Å². The number of aromatic amines is 2. The Balaban J connectivity index is 0.963. The van der Waals surface area contributed by atoms with Crippen LogP contribution in [0.15, 0.2) is 55.0 Å². The number of benzene rings is 2. The molecule has 19 heteroatoms. The molecule has 1 aliphatic carbocycles. The van der Waals surface area contributed by atoms with E-state index in [1.165, 1.54) is 20.3 Å². The largest absolute Gasteiger partial charge is 0.464 e. The van der Waals surface area contributed by atoms with Crippen LogP contribution in [0.5, 0.6) is 5.75 Å². The summed E-state index contributed by atoms with van der Waals surface area (Å²) in [4.78, 5) is 77.4. The molecule has 356 valence electrons. The molecule has 0 bridgehead atoms. The van der Waals surface area contributed by atoms with Crippen molar-refractivity contribution < 1.29 is 37.8 Å². The number of nitrogens with zero attached hydrogens (tertiary/aromatic N) is 6. The second-order valence-electron chi connectivity index (χ2n) is 18.8. The lowest BCUT2D eigenvalue weighted by molar-refractivity contribution is -0.136. The van der Waals surface area contributed by atoms with Crippen molar-refractivity contribution in [3.8, 4) is 39.5 Å². The number of nitrogens with one attached hydrogen (secondary N) is 4. The van der Waals surface area contributed by atoms with Crippen LogP contribution in [0, 0.1) is 17.7 Å². The van der Waals surface area contributed by atoms with Crippen LogP contribution < -0.4 is 15.4 Å². The van der Waals surface area contributed by atoms with Gasteiger partial charge in [0.2, 0.25) is 18.0 Å². The number of hydrogen-bond donors (Lipinski definition) is 4. The number of fused-ring (bicyclic) bond motifs is 5. The third kappa shape index (κ3) is 8.23. The molecule has 3 fully saturated rings. The predicted molar refractivity (Wildman–Crippen MR) is 251 cm³/mol. The number of carbonyl (C=O) groups excluding carboxylic acids is 4. The van der Waals surface area contributed by atoms with Gasteiger partial charge in [-0.2, -0.15) is 0 Å². The highest BCUT2D eigenvalue weighted by atomic mass is 32.1. The number of rotatable bonds is 12. The molecule has 5 unspecified atom stereocenters. The molecule has 0 radical (unpaired) electrons. The number of likely N-dealkylation sites (tertiary alicyclic amines) is 2. The average molecular weight is 947 g/mol. The van der Waals surface area contributed by atoms with Crippen LogP contribution in [0.2, 0.25) is 0 Å². The summed E-state index contributed by atoms with van der Waals surface area (Å²) >= 11 is 1.62. The van der Waals surface area contributed by atoms with Crippen molar-refractivity contribution in [1.29, 1.82) is 0 Å². The molecule has 4 aromatic heterocycles. The smallest absolute Gasteiger partial charge is 0.407 e. The van der Waals surface area contributed by atoms with E-state index in [4.69, 9.17) is 29.2 Å². The summed E-state index contributed by atoms with van der Waals surface area (Å²) < 4.78 is 35.4. The van der Waals surface area contributed by atoms with Crippen molar-refractivity contribution in [2.45, 2.75) is 103 Å². The van der Waals surface area contributed by atoms with Gasteiger partial charge in [-0.15, -0.1) is 11.3 Å². The summed E-state index contributed by atoms with van der Waals surface area (Å²) in [5, 5.41) is 7.33. The van der Waals surface area contributed by atoms with Gasteiger partial charge in [0.1, 0.15) is 35.3 Å².